The van der Waals surface area contributed by atoms with Crippen LogP contribution in [-0.4, -0.2) is 63.7 Å². The van der Waals surface area contributed by atoms with E-state index in [0.29, 0.717) is 44.1 Å². The number of hydrogen-bond acceptors (Lipinski definition) is 4. The number of rotatable bonds is 4. The number of halogens is 1. The zero-order valence-electron chi connectivity index (χ0n) is 17.1. The summed E-state index contributed by atoms with van der Waals surface area (Å²) in [5, 5.41) is 3.20. The number of piperazine rings is 1. The lowest BCUT2D eigenvalue weighted by Gasteiger charge is -2.34. The normalized spacial score (nSPS) is 14.8. The number of anilines is 1. The Balaban J connectivity index is 1.35. The van der Waals surface area contributed by atoms with Crippen LogP contribution in [0.25, 0.3) is 5.65 Å². The molecule has 156 valence electrons. The maximum atomic E-state index is 13.0. The molecule has 2 aromatic heterocycles. The van der Waals surface area contributed by atoms with Crippen molar-refractivity contribution < 1.29 is 9.59 Å². The van der Waals surface area contributed by atoms with Crippen LogP contribution < -0.4 is 5.32 Å². The van der Waals surface area contributed by atoms with Crippen LogP contribution in [0.4, 0.5) is 5.69 Å². The van der Waals surface area contributed by atoms with Gasteiger partial charge < -0.3 is 10.2 Å². The highest BCUT2D eigenvalue weighted by Gasteiger charge is 2.27. The second kappa shape index (κ2) is 8.45. The summed E-state index contributed by atoms with van der Waals surface area (Å²) in [6, 6.07) is 11.4. The van der Waals surface area contributed by atoms with Crippen molar-refractivity contribution in [3.8, 4) is 0 Å². The zero-order valence-corrected chi connectivity index (χ0v) is 17.8. The molecule has 3 aromatic rings. The molecule has 1 aromatic carbocycles. The molecule has 2 amide bonds. The minimum Gasteiger partial charge on any atom is -0.335 e. The van der Waals surface area contributed by atoms with Gasteiger partial charge in [-0.05, 0) is 43.2 Å². The molecule has 0 saturated carbocycles. The third kappa shape index (κ3) is 4.04. The number of carbonyl (C=O) groups excluding carboxylic acids is 2. The summed E-state index contributed by atoms with van der Waals surface area (Å²) in [7, 11) is 0. The van der Waals surface area contributed by atoms with E-state index in [-0.39, 0.29) is 17.0 Å². The van der Waals surface area contributed by atoms with E-state index in [1.54, 1.807) is 15.5 Å². The van der Waals surface area contributed by atoms with Crippen molar-refractivity contribution in [2.24, 2.45) is 0 Å². The van der Waals surface area contributed by atoms with Crippen LogP contribution >= 0.6 is 11.6 Å². The Bertz CT molecular complexity index is 1100. The summed E-state index contributed by atoms with van der Waals surface area (Å²) in [4.78, 5) is 33.6. The van der Waals surface area contributed by atoms with Crippen LogP contribution in [-0.2, 0) is 4.79 Å². The van der Waals surface area contributed by atoms with Crippen LogP contribution in [0.2, 0.25) is 5.15 Å². The number of pyridine rings is 1. The maximum absolute atomic E-state index is 13.0. The number of imidazole rings is 1. The molecular weight excluding hydrogens is 402 g/mol. The lowest BCUT2D eigenvalue weighted by molar-refractivity contribution is -0.117. The van der Waals surface area contributed by atoms with Crippen LogP contribution in [0, 0.1) is 13.8 Å². The molecular formula is C22H24ClN5O2. The highest BCUT2D eigenvalue weighted by molar-refractivity contribution is 6.32. The molecule has 1 saturated heterocycles. The second-order valence-electron chi connectivity index (χ2n) is 7.54. The Morgan fingerprint density at radius 2 is 1.83 bits per heavy atom. The predicted molar refractivity (Wildman–Crippen MR) is 117 cm³/mol. The Labute approximate surface area is 180 Å². The Hall–Kier alpha value is -2.90. The molecule has 1 aliphatic heterocycles. The summed E-state index contributed by atoms with van der Waals surface area (Å²) < 4.78 is 1.72. The number of aryl methyl sites for hydroxylation is 1. The van der Waals surface area contributed by atoms with Crippen molar-refractivity contribution in [3.05, 3.63) is 64.6 Å². The van der Waals surface area contributed by atoms with E-state index < -0.39 is 0 Å². The van der Waals surface area contributed by atoms with Gasteiger partial charge in [0, 0.05) is 38.1 Å². The first-order valence-corrected chi connectivity index (χ1v) is 10.3. The largest absolute Gasteiger partial charge is 0.335 e. The van der Waals surface area contributed by atoms with Crippen LogP contribution in [0.15, 0.2) is 42.6 Å². The first kappa shape index (κ1) is 20.4. The number of benzene rings is 1. The van der Waals surface area contributed by atoms with Gasteiger partial charge in [0.1, 0.15) is 5.65 Å². The van der Waals surface area contributed by atoms with Crippen molar-refractivity contribution >= 4 is 34.7 Å². The van der Waals surface area contributed by atoms with E-state index in [0.717, 1.165) is 16.8 Å². The number of amides is 2. The molecule has 0 aliphatic carbocycles. The van der Waals surface area contributed by atoms with Crippen molar-refractivity contribution in [2.45, 2.75) is 13.8 Å². The standard InChI is InChI=1S/C22H24ClN5O2/c1-15-6-5-7-17(16(15)2)24-19(29)14-26-10-12-27(13-11-26)22(30)20-21(23)25-18-8-3-4-9-28(18)20/h3-9H,10-14H2,1-2H3,(H,24,29). The van der Waals surface area contributed by atoms with E-state index in [2.05, 4.69) is 15.2 Å². The molecule has 0 atom stereocenters. The lowest BCUT2D eigenvalue weighted by atomic mass is 10.1. The van der Waals surface area contributed by atoms with Gasteiger partial charge in [0.25, 0.3) is 5.91 Å². The van der Waals surface area contributed by atoms with E-state index in [1.807, 2.05) is 50.2 Å². The van der Waals surface area contributed by atoms with Crippen molar-refractivity contribution in [3.63, 3.8) is 0 Å². The number of hydrogen-bond donors (Lipinski definition) is 1. The highest BCUT2D eigenvalue weighted by Crippen LogP contribution is 2.21. The fourth-order valence-electron chi connectivity index (χ4n) is 3.70. The Morgan fingerprint density at radius 3 is 2.60 bits per heavy atom. The second-order valence-corrected chi connectivity index (χ2v) is 7.90. The molecule has 30 heavy (non-hydrogen) atoms. The molecule has 0 radical (unpaired) electrons. The Kier molecular flexibility index (Phi) is 5.74. The fourth-order valence-corrected chi connectivity index (χ4v) is 3.96. The summed E-state index contributed by atoms with van der Waals surface area (Å²) >= 11 is 6.24. The molecule has 8 heteroatoms. The third-order valence-corrected chi connectivity index (χ3v) is 5.86. The molecule has 1 N–H and O–H groups in total. The molecule has 0 unspecified atom stereocenters. The van der Waals surface area contributed by atoms with Gasteiger partial charge in [-0.15, -0.1) is 0 Å². The van der Waals surface area contributed by atoms with Crippen LogP contribution in [0.3, 0.4) is 0 Å². The molecule has 3 heterocycles. The molecule has 4 rings (SSSR count). The van der Waals surface area contributed by atoms with Gasteiger partial charge in [0.15, 0.2) is 10.8 Å². The minimum absolute atomic E-state index is 0.0479. The predicted octanol–water partition coefficient (Wildman–Crippen LogP) is 3.00. The summed E-state index contributed by atoms with van der Waals surface area (Å²) in [6.07, 6.45) is 1.79. The van der Waals surface area contributed by atoms with E-state index in [9.17, 15) is 9.59 Å². The molecule has 0 bridgehead atoms. The summed E-state index contributed by atoms with van der Waals surface area (Å²) in [6.45, 7) is 6.64. The molecule has 1 fully saturated rings. The Morgan fingerprint density at radius 1 is 1.07 bits per heavy atom. The molecule has 0 spiro atoms. The van der Waals surface area contributed by atoms with Crippen LogP contribution in [0.1, 0.15) is 21.6 Å². The summed E-state index contributed by atoms with van der Waals surface area (Å²) in [5.41, 5.74) is 4.09. The van der Waals surface area contributed by atoms with Crippen molar-refractivity contribution in [2.75, 3.05) is 38.0 Å². The van der Waals surface area contributed by atoms with E-state index >= 15 is 0 Å². The number of carbonyl (C=O) groups is 2. The average Bonchev–Trinajstić information content (AvgIpc) is 3.07. The smallest absolute Gasteiger partial charge is 0.274 e. The molecule has 7 nitrogen and oxygen atoms in total. The fraction of sp³-hybridized carbons (Fsp3) is 0.318. The van der Waals surface area contributed by atoms with E-state index in [4.69, 9.17) is 11.6 Å². The number of nitrogens with one attached hydrogen (secondary N) is 1. The van der Waals surface area contributed by atoms with Gasteiger partial charge in [0.05, 0.1) is 6.54 Å². The van der Waals surface area contributed by atoms with Gasteiger partial charge in [-0.2, -0.15) is 0 Å². The lowest BCUT2D eigenvalue weighted by Crippen LogP contribution is -2.50. The van der Waals surface area contributed by atoms with Gasteiger partial charge in [0.2, 0.25) is 5.91 Å². The van der Waals surface area contributed by atoms with Crippen molar-refractivity contribution in [1.82, 2.24) is 19.2 Å². The maximum Gasteiger partial charge on any atom is 0.274 e. The van der Waals surface area contributed by atoms with Crippen LogP contribution in [0.5, 0.6) is 0 Å². The summed E-state index contributed by atoms with van der Waals surface area (Å²) in [5.74, 6) is -0.188. The first-order valence-electron chi connectivity index (χ1n) is 9.94. The zero-order chi connectivity index (χ0) is 21.3. The number of aromatic nitrogens is 2. The monoisotopic (exact) mass is 425 g/mol. The molecule has 1 aliphatic rings. The van der Waals surface area contributed by atoms with Gasteiger partial charge in [-0.3, -0.25) is 18.9 Å². The first-order chi connectivity index (χ1) is 14.4. The van der Waals surface area contributed by atoms with Crippen molar-refractivity contribution in [1.29, 1.82) is 0 Å². The van der Waals surface area contributed by atoms with Gasteiger partial charge in [-0.25, -0.2) is 4.98 Å². The van der Waals surface area contributed by atoms with Gasteiger partial charge in [-0.1, -0.05) is 29.8 Å². The number of fused-ring (bicyclic) bond motifs is 1. The topological polar surface area (TPSA) is 70.0 Å². The quantitative estimate of drug-likeness (QED) is 0.697. The third-order valence-electron chi connectivity index (χ3n) is 5.60. The average molecular weight is 426 g/mol. The minimum atomic E-state index is -0.141. The van der Waals surface area contributed by atoms with Gasteiger partial charge >= 0.3 is 0 Å². The highest BCUT2D eigenvalue weighted by atomic mass is 35.5. The van der Waals surface area contributed by atoms with E-state index in [1.165, 1.54) is 0 Å². The SMILES string of the molecule is Cc1cccc(NC(=O)CN2CCN(C(=O)c3c(Cl)nc4ccccn34)CC2)c1C. The number of nitrogens with zero attached hydrogens (tertiary/aromatic N) is 4.